The molecule has 29 heavy (non-hydrogen) atoms. The number of carbonyl (C=O) groups is 1. The van der Waals surface area contributed by atoms with Crippen molar-refractivity contribution < 1.29 is 25.8 Å². The molecule has 0 aromatic heterocycles. The van der Waals surface area contributed by atoms with Gasteiger partial charge in [0.05, 0.1) is 7.11 Å². The van der Waals surface area contributed by atoms with E-state index in [0.717, 1.165) is 26.4 Å². The highest BCUT2D eigenvalue weighted by molar-refractivity contribution is 8.31. The smallest absolute Gasteiger partial charge is 0.409 e. The molecular formula is C21H36O6S2. The van der Waals surface area contributed by atoms with Crippen molar-refractivity contribution >= 4 is 26.7 Å². The summed E-state index contributed by atoms with van der Waals surface area (Å²) in [6.07, 6.45) is 14.6. The first-order chi connectivity index (χ1) is 13.7. The molecule has 0 atom stereocenters. The molecule has 0 saturated heterocycles. The Bertz CT molecular complexity index is 698. The maximum absolute atomic E-state index is 12.0. The quantitative estimate of drug-likeness (QED) is 0.193. The molecular weight excluding hydrogens is 412 g/mol. The average molecular weight is 449 g/mol. The number of carbonyl (C=O) groups excluding carboxylic acids is 1. The summed E-state index contributed by atoms with van der Waals surface area (Å²) in [5.74, 6) is 0.199. The van der Waals surface area contributed by atoms with Gasteiger partial charge in [-0.25, -0.2) is 0 Å². The molecule has 0 aliphatic rings. The second-order valence-electron chi connectivity index (χ2n) is 7.40. The van der Waals surface area contributed by atoms with Crippen LogP contribution in [0.4, 0.5) is 0 Å². The Morgan fingerprint density at radius 2 is 1.38 bits per heavy atom. The molecule has 0 heterocycles. The second-order valence-corrected chi connectivity index (χ2v) is 12.0. The molecule has 1 aromatic rings. The number of ether oxygens (including phenoxy) is 1. The molecule has 0 bridgehead atoms. The summed E-state index contributed by atoms with van der Waals surface area (Å²) < 4.78 is 37.9. The van der Waals surface area contributed by atoms with Gasteiger partial charge in [-0.2, -0.15) is 12.0 Å². The van der Waals surface area contributed by atoms with Gasteiger partial charge in [0.2, 0.25) is 0 Å². The van der Waals surface area contributed by atoms with Gasteiger partial charge in [-0.05, 0) is 43.2 Å². The lowest BCUT2D eigenvalue weighted by Crippen LogP contribution is -2.12. The fraction of sp³-hybridized carbons (Fsp3) is 0.667. The van der Waals surface area contributed by atoms with E-state index in [1.165, 1.54) is 38.5 Å². The van der Waals surface area contributed by atoms with Crippen LogP contribution in [0.3, 0.4) is 0 Å². The number of benzene rings is 1. The standard InChI is InChI=1S/C21H36O6S2/c1-5-6-7-8-9-10-11-12-13-14-21(22)26-19-15-17-20(18-16-19)28(3,4)27-29(23,24)25-2/h15-18H,5-14H2,1-4H3. The monoisotopic (exact) mass is 448 g/mol. The Morgan fingerprint density at radius 3 is 1.90 bits per heavy atom. The van der Waals surface area contributed by atoms with Crippen molar-refractivity contribution in [1.29, 1.82) is 0 Å². The topological polar surface area (TPSA) is 78.9 Å². The molecule has 168 valence electrons. The van der Waals surface area contributed by atoms with Crippen LogP contribution in [-0.4, -0.2) is 34.0 Å². The molecule has 6 nitrogen and oxygen atoms in total. The van der Waals surface area contributed by atoms with Crippen LogP contribution < -0.4 is 4.74 Å². The predicted octanol–water partition coefficient (Wildman–Crippen LogP) is 5.76. The molecule has 1 aromatic carbocycles. The number of esters is 1. The van der Waals surface area contributed by atoms with Crippen LogP contribution in [0, 0.1) is 0 Å². The van der Waals surface area contributed by atoms with Crippen molar-refractivity contribution in [3.63, 3.8) is 0 Å². The number of hydrogen-bond acceptors (Lipinski definition) is 6. The van der Waals surface area contributed by atoms with E-state index in [-0.39, 0.29) is 5.97 Å². The first-order valence-electron chi connectivity index (χ1n) is 10.3. The summed E-state index contributed by atoms with van der Waals surface area (Å²) in [5.41, 5.74) is 0. The third kappa shape index (κ3) is 11.0. The molecule has 0 aliphatic carbocycles. The van der Waals surface area contributed by atoms with Gasteiger partial charge < -0.3 is 4.74 Å². The highest BCUT2D eigenvalue weighted by Crippen LogP contribution is 2.51. The Kier molecular flexibility index (Phi) is 11.9. The minimum Gasteiger partial charge on any atom is -0.427 e. The van der Waals surface area contributed by atoms with Crippen LogP contribution in [0.1, 0.15) is 71.1 Å². The minimum absolute atomic E-state index is 0.245. The van der Waals surface area contributed by atoms with Gasteiger partial charge >= 0.3 is 16.4 Å². The van der Waals surface area contributed by atoms with Gasteiger partial charge in [0.25, 0.3) is 0 Å². The highest BCUT2D eigenvalue weighted by atomic mass is 32.3. The molecule has 0 spiro atoms. The first kappa shape index (κ1) is 25.9. The zero-order chi connectivity index (χ0) is 21.8. The van der Waals surface area contributed by atoms with Gasteiger partial charge in [0.15, 0.2) is 0 Å². The molecule has 0 aliphatic heterocycles. The summed E-state index contributed by atoms with van der Waals surface area (Å²) in [4.78, 5) is 12.7. The molecule has 8 heteroatoms. The van der Waals surface area contributed by atoms with E-state index < -0.39 is 20.7 Å². The molecule has 0 fully saturated rings. The van der Waals surface area contributed by atoms with Crippen LogP contribution in [-0.2, 0) is 23.0 Å². The van der Waals surface area contributed by atoms with Gasteiger partial charge in [-0.15, -0.1) is 0 Å². The minimum atomic E-state index is -4.03. The maximum atomic E-state index is 12.0. The van der Waals surface area contributed by atoms with Gasteiger partial charge in [-0.1, -0.05) is 68.6 Å². The van der Waals surface area contributed by atoms with Crippen molar-refractivity contribution in [2.24, 2.45) is 0 Å². The molecule has 0 N–H and O–H groups in total. The largest absolute Gasteiger partial charge is 0.427 e. The van der Waals surface area contributed by atoms with Crippen LogP contribution in [0.2, 0.25) is 0 Å². The number of hydrogen-bond donors (Lipinski definition) is 0. The third-order valence-corrected chi connectivity index (χ3v) is 8.41. The lowest BCUT2D eigenvalue weighted by Gasteiger charge is -2.29. The first-order valence-corrected chi connectivity index (χ1v) is 14.0. The Morgan fingerprint density at radius 1 is 0.862 bits per heavy atom. The normalized spacial score (nSPS) is 12.7. The fourth-order valence-corrected chi connectivity index (χ4v) is 5.87. The second kappa shape index (κ2) is 13.3. The van der Waals surface area contributed by atoms with Crippen molar-refractivity contribution in [1.82, 2.24) is 0 Å². The number of rotatable bonds is 15. The summed E-state index contributed by atoms with van der Waals surface area (Å²) >= 11 is 0. The molecule has 0 amide bonds. The Hall–Kier alpha value is -1.09. The summed E-state index contributed by atoms with van der Waals surface area (Å²) in [6, 6.07) is 6.73. The van der Waals surface area contributed by atoms with Crippen LogP contribution in [0.25, 0.3) is 0 Å². The van der Waals surface area contributed by atoms with Crippen molar-refractivity contribution in [3.05, 3.63) is 24.3 Å². The van der Waals surface area contributed by atoms with E-state index in [0.29, 0.717) is 17.1 Å². The van der Waals surface area contributed by atoms with Gasteiger partial charge in [-0.3, -0.25) is 8.98 Å². The Labute approximate surface area is 178 Å². The van der Waals surface area contributed by atoms with E-state index in [9.17, 15) is 13.2 Å². The predicted molar refractivity (Wildman–Crippen MR) is 119 cm³/mol. The highest BCUT2D eigenvalue weighted by Gasteiger charge is 2.24. The van der Waals surface area contributed by atoms with E-state index in [4.69, 9.17) is 8.37 Å². The molecule has 0 unspecified atom stereocenters. The Balaban J connectivity index is 2.33. The summed E-state index contributed by atoms with van der Waals surface area (Å²) in [7, 11) is -5.03. The van der Waals surface area contributed by atoms with Gasteiger partial charge in [0, 0.05) is 11.3 Å². The van der Waals surface area contributed by atoms with Crippen LogP contribution in [0.15, 0.2) is 29.2 Å². The van der Waals surface area contributed by atoms with Crippen molar-refractivity contribution in [3.8, 4) is 5.75 Å². The fourth-order valence-electron chi connectivity index (χ4n) is 2.87. The van der Waals surface area contributed by atoms with Crippen LogP contribution in [0.5, 0.6) is 5.75 Å². The lowest BCUT2D eigenvalue weighted by atomic mass is 10.1. The van der Waals surface area contributed by atoms with Crippen molar-refractivity contribution in [2.75, 3.05) is 19.6 Å². The van der Waals surface area contributed by atoms with E-state index in [1.807, 2.05) is 0 Å². The SMILES string of the molecule is CCCCCCCCCCCC(=O)Oc1ccc(S(C)(C)OS(=O)(=O)OC)cc1. The van der Waals surface area contributed by atoms with E-state index >= 15 is 0 Å². The lowest BCUT2D eigenvalue weighted by molar-refractivity contribution is -0.134. The van der Waals surface area contributed by atoms with E-state index in [2.05, 4.69) is 11.1 Å². The summed E-state index contributed by atoms with van der Waals surface area (Å²) in [5, 5.41) is 0. The zero-order valence-corrected chi connectivity index (χ0v) is 19.8. The molecule has 1 rings (SSSR count). The third-order valence-electron chi connectivity index (χ3n) is 4.57. The van der Waals surface area contributed by atoms with Crippen LogP contribution >= 0.6 is 10.3 Å². The molecule has 0 radical (unpaired) electrons. The van der Waals surface area contributed by atoms with Crippen molar-refractivity contribution in [2.45, 2.75) is 76.0 Å². The maximum Gasteiger partial charge on any atom is 0.409 e. The summed E-state index contributed by atoms with van der Waals surface area (Å²) in [6.45, 7) is 2.22. The molecule has 0 saturated carbocycles. The number of unbranched alkanes of at least 4 members (excludes halogenated alkanes) is 8. The van der Waals surface area contributed by atoms with E-state index in [1.54, 1.807) is 36.8 Å². The zero-order valence-electron chi connectivity index (χ0n) is 18.1. The van der Waals surface area contributed by atoms with Gasteiger partial charge in [0.1, 0.15) is 5.75 Å². The average Bonchev–Trinajstić information content (AvgIpc) is 2.66.